The van der Waals surface area contributed by atoms with Gasteiger partial charge in [0.2, 0.25) is 5.91 Å². The molecule has 3 aliphatic heterocycles. The molecule has 3 aliphatic rings. The van der Waals surface area contributed by atoms with Crippen LogP contribution in [0.15, 0.2) is 0 Å². The highest BCUT2D eigenvalue weighted by Crippen LogP contribution is 2.34. The maximum absolute atomic E-state index is 11.9. The minimum absolute atomic E-state index is 0.0907. The van der Waals surface area contributed by atoms with E-state index in [2.05, 4.69) is 25.7 Å². The third-order valence-corrected chi connectivity index (χ3v) is 4.99. The summed E-state index contributed by atoms with van der Waals surface area (Å²) in [5.74, 6) is 0.328. The fourth-order valence-electron chi connectivity index (χ4n) is 3.41. The Kier molecular flexibility index (Phi) is 2.51. The van der Waals surface area contributed by atoms with E-state index < -0.39 is 0 Å². The van der Waals surface area contributed by atoms with Crippen molar-refractivity contribution in [3.05, 3.63) is 0 Å². The van der Waals surface area contributed by atoms with Crippen LogP contribution in [0.25, 0.3) is 0 Å². The van der Waals surface area contributed by atoms with Crippen LogP contribution < -0.4 is 0 Å². The topological polar surface area (TPSA) is 23.6 Å². The summed E-state index contributed by atoms with van der Waals surface area (Å²) in [6.07, 6.45) is 4.79. The molecule has 0 spiro atoms. The Balaban J connectivity index is 1.75. The van der Waals surface area contributed by atoms with Crippen molar-refractivity contribution in [2.45, 2.75) is 42.6 Å². The van der Waals surface area contributed by atoms with Crippen molar-refractivity contribution in [3.63, 3.8) is 0 Å². The SMILES string of the molecule is O=C1C(Br)CCN1C1CCN2CCCC12. The van der Waals surface area contributed by atoms with Crippen molar-refractivity contribution in [3.8, 4) is 0 Å². The number of fused-ring (bicyclic) bond motifs is 1. The van der Waals surface area contributed by atoms with Crippen LogP contribution in [0.5, 0.6) is 0 Å². The van der Waals surface area contributed by atoms with Crippen molar-refractivity contribution in [1.29, 1.82) is 0 Å². The normalized spacial score (nSPS) is 41.5. The maximum Gasteiger partial charge on any atom is 0.236 e. The third kappa shape index (κ3) is 1.53. The molecule has 0 aromatic carbocycles. The fourth-order valence-corrected chi connectivity index (χ4v) is 3.88. The van der Waals surface area contributed by atoms with Gasteiger partial charge in [0, 0.05) is 25.2 Å². The van der Waals surface area contributed by atoms with Gasteiger partial charge in [-0.1, -0.05) is 15.9 Å². The molecule has 1 amide bonds. The minimum Gasteiger partial charge on any atom is -0.337 e. The molecule has 4 heteroatoms. The molecule has 15 heavy (non-hydrogen) atoms. The second kappa shape index (κ2) is 3.74. The monoisotopic (exact) mass is 272 g/mol. The summed E-state index contributed by atoms with van der Waals surface area (Å²) in [5, 5.41) is 0. The zero-order chi connectivity index (χ0) is 10.4. The van der Waals surface area contributed by atoms with Crippen LogP contribution >= 0.6 is 15.9 Å². The van der Waals surface area contributed by atoms with Gasteiger partial charge in [0.05, 0.1) is 4.83 Å². The van der Waals surface area contributed by atoms with Crippen LogP contribution in [0.3, 0.4) is 0 Å². The van der Waals surface area contributed by atoms with E-state index >= 15 is 0 Å². The molecule has 3 nitrogen and oxygen atoms in total. The Labute approximate surface area is 98.9 Å². The first-order valence-corrected chi connectivity index (χ1v) is 6.87. The molecule has 3 fully saturated rings. The van der Waals surface area contributed by atoms with Crippen LogP contribution in [0.4, 0.5) is 0 Å². The number of alkyl halides is 1. The number of hydrogen-bond acceptors (Lipinski definition) is 2. The molecule has 0 N–H and O–H groups in total. The van der Waals surface area contributed by atoms with E-state index in [-0.39, 0.29) is 4.83 Å². The van der Waals surface area contributed by atoms with E-state index in [0.717, 1.165) is 13.0 Å². The van der Waals surface area contributed by atoms with Crippen molar-refractivity contribution in [2.75, 3.05) is 19.6 Å². The van der Waals surface area contributed by atoms with Crippen LogP contribution in [-0.2, 0) is 4.79 Å². The van der Waals surface area contributed by atoms with Crippen molar-refractivity contribution < 1.29 is 4.79 Å². The largest absolute Gasteiger partial charge is 0.337 e. The van der Waals surface area contributed by atoms with Crippen LogP contribution in [0.1, 0.15) is 25.7 Å². The van der Waals surface area contributed by atoms with E-state index in [9.17, 15) is 4.79 Å². The molecule has 3 heterocycles. The predicted molar refractivity (Wildman–Crippen MR) is 62.0 cm³/mol. The maximum atomic E-state index is 11.9. The van der Waals surface area contributed by atoms with E-state index in [1.807, 2.05) is 0 Å². The van der Waals surface area contributed by atoms with E-state index in [4.69, 9.17) is 0 Å². The standard InChI is InChI=1S/C11H17BrN2O/c12-8-3-7-14(11(8)15)10-4-6-13-5-1-2-9(10)13/h8-10H,1-7H2. The molecule has 84 valence electrons. The van der Waals surface area contributed by atoms with Crippen molar-refractivity contribution in [2.24, 2.45) is 0 Å². The summed E-state index contributed by atoms with van der Waals surface area (Å²) < 4.78 is 0. The number of nitrogens with zero attached hydrogens (tertiary/aromatic N) is 2. The van der Waals surface area contributed by atoms with Gasteiger partial charge in [0.15, 0.2) is 0 Å². The number of rotatable bonds is 1. The summed E-state index contributed by atoms with van der Waals surface area (Å²) >= 11 is 3.46. The number of halogens is 1. The number of likely N-dealkylation sites (tertiary alicyclic amines) is 1. The lowest BCUT2D eigenvalue weighted by atomic mass is 10.1. The average molecular weight is 273 g/mol. The Morgan fingerprint density at radius 3 is 2.67 bits per heavy atom. The first kappa shape index (κ1) is 10.1. The second-order valence-corrected chi connectivity index (χ2v) is 5.99. The summed E-state index contributed by atoms with van der Waals surface area (Å²) in [4.78, 5) is 16.7. The van der Waals surface area contributed by atoms with Gasteiger partial charge in [-0.15, -0.1) is 0 Å². The molecule has 0 aromatic heterocycles. The zero-order valence-corrected chi connectivity index (χ0v) is 10.4. The highest BCUT2D eigenvalue weighted by molar-refractivity contribution is 9.10. The fraction of sp³-hybridized carbons (Fsp3) is 0.909. The Bertz CT molecular complexity index is 284. The number of carbonyl (C=O) groups is 1. The second-order valence-electron chi connectivity index (χ2n) is 4.89. The number of carbonyl (C=O) groups excluding carboxylic acids is 1. The highest BCUT2D eigenvalue weighted by Gasteiger charge is 2.44. The number of hydrogen-bond donors (Lipinski definition) is 0. The summed E-state index contributed by atoms with van der Waals surface area (Å²) in [6, 6.07) is 1.19. The molecular weight excluding hydrogens is 256 g/mol. The molecule has 3 saturated heterocycles. The molecule has 3 rings (SSSR count). The summed E-state index contributed by atoms with van der Waals surface area (Å²) in [6.45, 7) is 3.41. The van der Waals surface area contributed by atoms with Crippen LogP contribution in [0.2, 0.25) is 0 Å². The van der Waals surface area contributed by atoms with Gasteiger partial charge >= 0.3 is 0 Å². The highest BCUT2D eigenvalue weighted by atomic mass is 79.9. The molecule has 0 aromatic rings. The Morgan fingerprint density at radius 1 is 1.07 bits per heavy atom. The van der Waals surface area contributed by atoms with Crippen molar-refractivity contribution in [1.82, 2.24) is 9.80 Å². The van der Waals surface area contributed by atoms with Gasteiger partial charge in [0.25, 0.3) is 0 Å². The first-order chi connectivity index (χ1) is 7.27. The minimum atomic E-state index is 0.0907. The van der Waals surface area contributed by atoms with E-state index in [0.29, 0.717) is 18.0 Å². The quantitative estimate of drug-likeness (QED) is 0.671. The Hall–Kier alpha value is -0.0900. The molecule has 3 atom stereocenters. The lowest BCUT2D eigenvalue weighted by Crippen LogP contribution is -2.44. The summed E-state index contributed by atoms with van der Waals surface area (Å²) in [5.41, 5.74) is 0. The first-order valence-electron chi connectivity index (χ1n) is 5.96. The molecule has 0 aliphatic carbocycles. The smallest absolute Gasteiger partial charge is 0.236 e. The van der Waals surface area contributed by atoms with Gasteiger partial charge in [-0.3, -0.25) is 9.69 Å². The lowest BCUT2D eigenvalue weighted by molar-refractivity contribution is -0.129. The van der Waals surface area contributed by atoms with Gasteiger partial charge < -0.3 is 4.90 Å². The third-order valence-electron chi connectivity index (χ3n) is 4.15. The van der Waals surface area contributed by atoms with E-state index in [1.54, 1.807) is 0 Å². The number of amides is 1. The average Bonchev–Trinajstić information content (AvgIpc) is 2.85. The van der Waals surface area contributed by atoms with Gasteiger partial charge in [0.1, 0.15) is 0 Å². The predicted octanol–water partition coefficient (Wildman–Crippen LogP) is 1.22. The van der Waals surface area contributed by atoms with Gasteiger partial charge in [-0.2, -0.15) is 0 Å². The van der Waals surface area contributed by atoms with Crippen molar-refractivity contribution >= 4 is 21.8 Å². The van der Waals surface area contributed by atoms with Gasteiger partial charge in [-0.05, 0) is 32.2 Å². The molecule has 0 bridgehead atoms. The van der Waals surface area contributed by atoms with Gasteiger partial charge in [-0.25, -0.2) is 0 Å². The van der Waals surface area contributed by atoms with E-state index in [1.165, 1.54) is 32.4 Å². The molecule has 0 radical (unpaired) electrons. The molecule has 3 unspecified atom stereocenters. The molecular formula is C11H17BrN2O. The lowest BCUT2D eigenvalue weighted by Gasteiger charge is -2.29. The molecule has 0 saturated carbocycles. The Morgan fingerprint density at radius 2 is 1.93 bits per heavy atom. The van der Waals surface area contributed by atoms with Crippen LogP contribution in [-0.4, -0.2) is 52.3 Å². The summed E-state index contributed by atoms with van der Waals surface area (Å²) in [7, 11) is 0. The zero-order valence-electron chi connectivity index (χ0n) is 8.86. The van der Waals surface area contributed by atoms with Crippen LogP contribution in [0, 0.1) is 0 Å².